The lowest BCUT2D eigenvalue weighted by molar-refractivity contribution is -0.121. The predicted molar refractivity (Wildman–Crippen MR) is 59.3 cm³/mol. The molecule has 1 rings (SSSR count). The molecule has 0 aromatic carbocycles. The molecule has 4 heteroatoms. The highest BCUT2D eigenvalue weighted by Gasteiger charge is 2.05. The van der Waals surface area contributed by atoms with Gasteiger partial charge in [0.05, 0.1) is 0 Å². The number of aryl methyl sites for hydroxylation is 1. The third kappa shape index (κ3) is 3.89. The van der Waals surface area contributed by atoms with E-state index in [0.29, 0.717) is 13.0 Å². The SMILES string of the molecule is C[C@H](CN)NC(=O)CCc1cccs1. The molecule has 3 nitrogen and oxygen atoms in total. The Labute approximate surface area is 88.3 Å². The van der Waals surface area contributed by atoms with E-state index in [2.05, 4.69) is 5.32 Å². The van der Waals surface area contributed by atoms with Gasteiger partial charge in [0, 0.05) is 23.9 Å². The van der Waals surface area contributed by atoms with Crippen molar-refractivity contribution in [2.75, 3.05) is 6.54 Å². The summed E-state index contributed by atoms with van der Waals surface area (Å²) in [5.74, 6) is 0.0800. The summed E-state index contributed by atoms with van der Waals surface area (Å²) in [5, 5.41) is 4.86. The predicted octanol–water partition coefficient (Wildman–Crippen LogP) is 1.14. The zero-order valence-corrected chi connectivity index (χ0v) is 9.14. The van der Waals surface area contributed by atoms with Gasteiger partial charge in [-0.3, -0.25) is 4.79 Å². The van der Waals surface area contributed by atoms with Crippen molar-refractivity contribution in [1.82, 2.24) is 5.32 Å². The number of hydrogen-bond donors (Lipinski definition) is 2. The minimum absolute atomic E-state index is 0.0748. The summed E-state index contributed by atoms with van der Waals surface area (Å²) in [4.78, 5) is 12.6. The monoisotopic (exact) mass is 212 g/mol. The normalized spacial score (nSPS) is 12.4. The molecular weight excluding hydrogens is 196 g/mol. The molecule has 1 aromatic rings. The van der Waals surface area contributed by atoms with Gasteiger partial charge in [-0.25, -0.2) is 0 Å². The van der Waals surface area contributed by atoms with Crippen molar-refractivity contribution >= 4 is 17.2 Å². The van der Waals surface area contributed by atoms with Gasteiger partial charge in [0.2, 0.25) is 5.91 Å². The van der Waals surface area contributed by atoms with Crippen LogP contribution in [-0.2, 0) is 11.2 Å². The first kappa shape index (κ1) is 11.2. The molecule has 0 saturated heterocycles. The van der Waals surface area contributed by atoms with Crippen LogP contribution in [0.25, 0.3) is 0 Å². The van der Waals surface area contributed by atoms with E-state index in [1.165, 1.54) is 4.88 Å². The fraction of sp³-hybridized carbons (Fsp3) is 0.500. The van der Waals surface area contributed by atoms with E-state index in [9.17, 15) is 4.79 Å². The van der Waals surface area contributed by atoms with E-state index in [4.69, 9.17) is 5.73 Å². The maximum Gasteiger partial charge on any atom is 0.220 e. The van der Waals surface area contributed by atoms with Crippen LogP contribution < -0.4 is 11.1 Å². The Kier molecular flexibility index (Phi) is 4.62. The maximum absolute atomic E-state index is 11.3. The van der Waals surface area contributed by atoms with E-state index < -0.39 is 0 Å². The van der Waals surface area contributed by atoms with Crippen molar-refractivity contribution in [1.29, 1.82) is 0 Å². The first-order valence-corrected chi connectivity index (χ1v) is 5.62. The van der Waals surface area contributed by atoms with Crippen molar-refractivity contribution in [3.63, 3.8) is 0 Å². The van der Waals surface area contributed by atoms with Gasteiger partial charge in [0.15, 0.2) is 0 Å². The molecule has 0 bridgehead atoms. The van der Waals surface area contributed by atoms with Crippen molar-refractivity contribution in [3.05, 3.63) is 22.4 Å². The average Bonchev–Trinajstić information content (AvgIpc) is 2.67. The first-order valence-electron chi connectivity index (χ1n) is 4.74. The fourth-order valence-electron chi connectivity index (χ4n) is 1.10. The smallest absolute Gasteiger partial charge is 0.220 e. The molecule has 1 amide bonds. The maximum atomic E-state index is 11.3. The molecule has 0 aliphatic carbocycles. The van der Waals surface area contributed by atoms with Gasteiger partial charge in [-0.15, -0.1) is 11.3 Å². The van der Waals surface area contributed by atoms with Crippen molar-refractivity contribution in [2.45, 2.75) is 25.8 Å². The van der Waals surface area contributed by atoms with Crippen LogP contribution in [0.3, 0.4) is 0 Å². The number of rotatable bonds is 5. The minimum atomic E-state index is 0.0748. The van der Waals surface area contributed by atoms with Crippen LogP contribution in [0.1, 0.15) is 18.2 Å². The molecule has 1 heterocycles. The lowest BCUT2D eigenvalue weighted by atomic mass is 10.2. The summed E-state index contributed by atoms with van der Waals surface area (Å²) in [6.45, 7) is 2.40. The van der Waals surface area contributed by atoms with Crippen molar-refractivity contribution < 1.29 is 4.79 Å². The van der Waals surface area contributed by atoms with E-state index in [1.54, 1.807) is 11.3 Å². The Morgan fingerprint density at radius 1 is 1.71 bits per heavy atom. The number of nitrogens with two attached hydrogens (primary N) is 1. The van der Waals surface area contributed by atoms with Crippen molar-refractivity contribution in [2.24, 2.45) is 5.73 Å². The average molecular weight is 212 g/mol. The minimum Gasteiger partial charge on any atom is -0.352 e. The Hall–Kier alpha value is -0.870. The summed E-state index contributed by atoms with van der Waals surface area (Å²) in [6.07, 6.45) is 1.37. The largest absolute Gasteiger partial charge is 0.352 e. The molecule has 3 N–H and O–H groups in total. The number of thiophene rings is 1. The third-order valence-electron chi connectivity index (χ3n) is 1.94. The molecule has 0 fully saturated rings. The van der Waals surface area contributed by atoms with Crippen LogP contribution >= 0.6 is 11.3 Å². The van der Waals surface area contributed by atoms with Crippen LogP contribution in [-0.4, -0.2) is 18.5 Å². The molecule has 0 aliphatic rings. The van der Waals surface area contributed by atoms with Crippen LogP contribution in [0.5, 0.6) is 0 Å². The molecule has 0 saturated carbocycles. The van der Waals surface area contributed by atoms with Gasteiger partial charge >= 0.3 is 0 Å². The second-order valence-corrected chi connectivity index (χ2v) is 4.32. The first-order chi connectivity index (χ1) is 6.72. The molecule has 0 unspecified atom stereocenters. The Morgan fingerprint density at radius 2 is 2.50 bits per heavy atom. The summed E-state index contributed by atoms with van der Waals surface area (Å²) in [7, 11) is 0. The second-order valence-electron chi connectivity index (χ2n) is 3.28. The second kappa shape index (κ2) is 5.78. The molecule has 1 aromatic heterocycles. The lowest BCUT2D eigenvalue weighted by Crippen LogP contribution is -2.37. The highest BCUT2D eigenvalue weighted by molar-refractivity contribution is 7.09. The van der Waals surface area contributed by atoms with Gasteiger partial charge in [-0.05, 0) is 24.8 Å². The van der Waals surface area contributed by atoms with Gasteiger partial charge in [0.1, 0.15) is 0 Å². The third-order valence-corrected chi connectivity index (χ3v) is 2.88. The van der Waals surface area contributed by atoms with E-state index in [-0.39, 0.29) is 11.9 Å². The quantitative estimate of drug-likeness (QED) is 0.769. The van der Waals surface area contributed by atoms with Crippen molar-refractivity contribution in [3.8, 4) is 0 Å². The Balaban J connectivity index is 2.22. The summed E-state index contributed by atoms with van der Waals surface area (Å²) in [6, 6.07) is 4.12. The molecule has 78 valence electrons. The highest BCUT2D eigenvalue weighted by Crippen LogP contribution is 2.10. The van der Waals surface area contributed by atoms with Crippen LogP contribution in [0.15, 0.2) is 17.5 Å². The Morgan fingerprint density at radius 3 is 3.07 bits per heavy atom. The topological polar surface area (TPSA) is 55.1 Å². The highest BCUT2D eigenvalue weighted by atomic mass is 32.1. The molecule has 0 radical (unpaired) electrons. The van der Waals surface area contributed by atoms with Gasteiger partial charge < -0.3 is 11.1 Å². The van der Waals surface area contributed by atoms with Crippen LogP contribution in [0.2, 0.25) is 0 Å². The molecule has 0 spiro atoms. The number of amides is 1. The standard InChI is InChI=1S/C10H16N2OS/c1-8(7-11)12-10(13)5-4-9-3-2-6-14-9/h2-3,6,8H,4-5,7,11H2,1H3,(H,12,13)/t8-/m1/s1. The number of hydrogen-bond acceptors (Lipinski definition) is 3. The van der Waals surface area contributed by atoms with E-state index >= 15 is 0 Å². The lowest BCUT2D eigenvalue weighted by Gasteiger charge is -2.10. The molecule has 0 aliphatic heterocycles. The van der Waals surface area contributed by atoms with Gasteiger partial charge in [-0.2, -0.15) is 0 Å². The molecule has 1 atom stereocenters. The van der Waals surface area contributed by atoms with Gasteiger partial charge in [-0.1, -0.05) is 6.07 Å². The van der Waals surface area contributed by atoms with Gasteiger partial charge in [0.25, 0.3) is 0 Å². The van der Waals surface area contributed by atoms with E-state index in [0.717, 1.165) is 6.42 Å². The Bertz CT molecular complexity index is 272. The summed E-state index contributed by atoms with van der Waals surface area (Å²) < 4.78 is 0. The number of carbonyl (C=O) groups is 1. The van der Waals surface area contributed by atoms with Crippen LogP contribution in [0, 0.1) is 0 Å². The molecule has 14 heavy (non-hydrogen) atoms. The van der Waals surface area contributed by atoms with E-state index in [1.807, 2.05) is 24.4 Å². The molecular formula is C10H16N2OS. The zero-order chi connectivity index (χ0) is 10.4. The fourth-order valence-corrected chi connectivity index (χ4v) is 1.81. The zero-order valence-electron chi connectivity index (χ0n) is 8.32. The number of carbonyl (C=O) groups excluding carboxylic acids is 1. The number of nitrogens with one attached hydrogen (secondary N) is 1. The summed E-state index contributed by atoms with van der Waals surface area (Å²) in [5.41, 5.74) is 5.40. The summed E-state index contributed by atoms with van der Waals surface area (Å²) >= 11 is 1.68. The van der Waals surface area contributed by atoms with Crippen LogP contribution in [0.4, 0.5) is 0 Å².